The van der Waals surface area contributed by atoms with Crippen molar-refractivity contribution in [1.82, 2.24) is 0 Å². The highest BCUT2D eigenvalue weighted by atomic mass is 31.2. The fourth-order valence-electron chi connectivity index (χ4n) is 3.51. The molecule has 1 aliphatic heterocycles. The van der Waals surface area contributed by atoms with E-state index in [1.165, 1.54) is 0 Å². The molecule has 0 aromatic heterocycles. The topological polar surface area (TPSA) is 104 Å². The fraction of sp³-hybridized carbons (Fsp3) is 1.00. The summed E-state index contributed by atoms with van der Waals surface area (Å²) in [5.74, 6) is -0.370. The molecule has 7 atom stereocenters. The Morgan fingerprint density at radius 3 is 2.50 bits per heavy atom. The number of hydrogen-bond acceptors (Lipinski definition) is 7. The highest BCUT2D eigenvalue weighted by Crippen LogP contribution is 2.51. The Balaban J connectivity index is 1.93. The number of aliphatic hydroxyl groups is 1. The summed E-state index contributed by atoms with van der Waals surface area (Å²) in [6, 6.07) is -0.526. The Morgan fingerprint density at radius 2 is 1.89 bits per heavy atom. The molecule has 1 heterocycles. The van der Waals surface area contributed by atoms with Gasteiger partial charge in [0.1, 0.15) is 19.6 Å². The maximum atomic E-state index is 12.5. The molecule has 2 rings (SSSR count). The minimum absolute atomic E-state index is 0.0467. The maximum absolute atomic E-state index is 12.5. The number of ether oxygens (including phenoxy) is 3. The molecule has 0 bridgehead atoms. The van der Waals surface area contributed by atoms with Gasteiger partial charge in [-0.25, -0.2) is 4.57 Å². The van der Waals surface area contributed by atoms with Gasteiger partial charge in [0.05, 0.1) is 45.5 Å². The first-order chi connectivity index (χ1) is 12.9. The van der Waals surface area contributed by atoms with Crippen molar-refractivity contribution in [3.05, 3.63) is 0 Å². The smallest absolute Gasteiger partial charge is 0.385 e. The molecule has 158 valence electrons. The van der Waals surface area contributed by atoms with Crippen LogP contribution in [0.3, 0.4) is 0 Å². The van der Waals surface area contributed by atoms with Gasteiger partial charge in [-0.05, 0) is 47.0 Å². The lowest BCUT2D eigenvalue weighted by atomic mass is 9.85. The standard InChI is InChI=1S/C17H31B2O8P/c1-10(2)23-9-17(20)7-12(18)5-15(17)27-28(21,22)24-8-14-13(25-11(3)4)6-16(19)26-14/h10-16,20H,5-9H2,1-4H3,(H,21,22)/t12-,13?,14+,15?,16+,17-/m0/s1. The Morgan fingerprint density at radius 1 is 1.21 bits per heavy atom. The lowest BCUT2D eigenvalue weighted by Crippen LogP contribution is -2.44. The molecule has 1 saturated heterocycles. The Kier molecular flexibility index (Phi) is 8.63. The van der Waals surface area contributed by atoms with Crippen molar-refractivity contribution in [1.29, 1.82) is 0 Å². The lowest BCUT2D eigenvalue weighted by molar-refractivity contribution is -0.114. The molecule has 3 unspecified atom stereocenters. The van der Waals surface area contributed by atoms with Gasteiger partial charge < -0.3 is 24.2 Å². The van der Waals surface area contributed by atoms with E-state index in [1.807, 2.05) is 27.7 Å². The van der Waals surface area contributed by atoms with Crippen molar-refractivity contribution < 1.29 is 37.8 Å². The number of phosphoric ester groups is 1. The second-order valence-electron chi connectivity index (χ2n) is 8.19. The number of phosphoric acid groups is 1. The van der Waals surface area contributed by atoms with Crippen molar-refractivity contribution in [2.75, 3.05) is 13.2 Å². The fourth-order valence-corrected chi connectivity index (χ4v) is 4.51. The molecule has 1 saturated carbocycles. The molecule has 2 aliphatic rings. The summed E-state index contributed by atoms with van der Waals surface area (Å²) >= 11 is 0. The van der Waals surface area contributed by atoms with Gasteiger partial charge >= 0.3 is 7.82 Å². The van der Waals surface area contributed by atoms with Gasteiger partial charge in [0, 0.05) is 6.00 Å². The summed E-state index contributed by atoms with van der Waals surface area (Å²) in [5, 5.41) is 10.8. The largest absolute Gasteiger partial charge is 0.472 e. The molecule has 8 nitrogen and oxygen atoms in total. The van der Waals surface area contributed by atoms with Crippen molar-refractivity contribution in [2.24, 2.45) is 0 Å². The average Bonchev–Trinajstić information content (AvgIpc) is 3.02. The number of hydrogen-bond donors (Lipinski definition) is 2. The predicted octanol–water partition coefficient (Wildman–Crippen LogP) is 1.47. The van der Waals surface area contributed by atoms with Crippen LogP contribution in [0.4, 0.5) is 0 Å². The SMILES string of the molecule is [B][C@H]1CC(OP(=O)(O)OC[C@H]2O[C@@H]([B])CC2OC(C)C)[C@@](O)(COC(C)C)C1. The van der Waals surface area contributed by atoms with Crippen LogP contribution in [-0.4, -0.2) is 81.0 Å². The highest BCUT2D eigenvalue weighted by Gasteiger charge is 2.49. The Labute approximate surface area is 170 Å². The molecule has 1 aliphatic carbocycles. The van der Waals surface area contributed by atoms with Gasteiger partial charge in [-0.1, -0.05) is 5.82 Å². The minimum atomic E-state index is -4.48. The van der Waals surface area contributed by atoms with Crippen LogP contribution in [0.2, 0.25) is 5.82 Å². The maximum Gasteiger partial charge on any atom is 0.472 e. The first kappa shape index (κ1) is 24.4. The van der Waals surface area contributed by atoms with Crippen LogP contribution in [-0.2, 0) is 27.8 Å². The normalized spacial score (nSPS) is 38.4. The molecule has 0 amide bonds. The summed E-state index contributed by atoms with van der Waals surface area (Å²) in [6.07, 6.45) is -1.18. The third-order valence-electron chi connectivity index (χ3n) is 4.74. The lowest BCUT2D eigenvalue weighted by Gasteiger charge is -2.31. The van der Waals surface area contributed by atoms with Gasteiger partial charge in [-0.15, -0.1) is 0 Å². The summed E-state index contributed by atoms with van der Waals surface area (Å²) in [7, 11) is 7.23. The molecule has 0 spiro atoms. The summed E-state index contributed by atoms with van der Waals surface area (Å²) < 4.78 is 39.6. The zero-order valence-corrected chi connectivity index (χ0v) is 17.9. The molecule has 4 radical (unpaired) electrons. The van der Waals surface area contributed by atoms with Crippen LogP contribution in [0.1, 0.15) is 47.0 Å². The first-order valence-electron chi connectivity index (χ1n) is 9.72. The van der Waals surface area contributed by atoms with Gasteiger partial charge in [-0.2, -0.15) is 0 Å². The van der Waals surface area contributed by atoms with E-state index in [1.54, 1.807) is 0 Å². The van der Waals surface area contributed by atoms with E-state index >= 15 is 0 Å². The van der Waals surface area contributed by atoms with E-state index in [-0.39, 0.29) is 50.2 Å². The quantitative estimate of drug-likeness (QED) is 0.408. The van der Waals surface area contributed by atoms with Crippen molar-refractivity contribution >= 4 is 23.5 Å². The number of rotatable bonds is 10. The molecular formula is C17H31B2O8P. The second kappa shape index (κ2) is 9.92. The van der Waals surface area contributed by atoms with Crippen molar-refractivity contribution in [3.8, 4) is 0 Å². The van der Waals surface area contributed by atoms with Crippen LogP contribution in [0.5, 0.6) is 0 Å². The van der Waals surface area contributed by atoms with Crippen LogP contribution < -0.4 is 0 Å². The van der Waals surface area contributed by atoms with Crippen molar-refractivity contribution in [2.45, 2.75) is 94.9 Å². The van der Waals surface area contributed by atoms with E-state index in [9.17, 15) is 14.6 Å². The summed E-state index contributed by atoms with van der Waals surface area (Å²) in [6.45, 7) is 7.15. The third kappa shape index (κ3) is 7.10. The minimum Gasteiger partial charge on any atom is -0.385 e. The highest BCUT2D eigenvalue weighted by molar-refractivity contribution is 7.47. The Hall–Kier alpha value is 0.0799. The van der Waals surface area contributed by atoms with Crippen LogP contribution >= 0.6 is 7.82 Å². The summed E-state index contributed by atoms with van der Waals surface area (Å²) in [4.78, 5) is 10.2. The molecule has 11 heteroatoms. The van der Waals surface area contributed by atoms with Crippen molar-refractivity contribution in [3.63, 3.8) is 0 Å². The zero-order valence-electron chi connectivity index (χ0n) is 17.0. The van der Waals surface area contributed by atoms with E-state index < -0.39 is 31.6 Å². The Bertz CT molecular complexity index is 551. The van der Waals surface area contributed by atoms with Crippen LogP contribution in [0.15, 0.2) is 0 Å². The average molecular weight is 416 g/mol. The first-order valence-corrected chi connectivity index (χ1v) is 11.2. The monoisotopic (exact) mass is 416 g/mol. The molecule has 2 N–H and O–H groups in total. The van der Waals surface area contributed by atoms with Gasteiger partial charge in [-0.3, -0.25) is 9.05 Å². The molecule has 28 heavy (non-hydrogen) atoms. The van der Waals surface area contributed by atoms with Gasteiger partial charge in [0.2, 0.25) is 0 Å². The van der Waals surface area contributed by atoms with Gasteiger partial charge in [0.25, 0.3) is 0 Å². The van der Waals surface area contributed by atoms with Gasteiger partial charge in [0.15, 0.2) is 0 Å². The zero-order chi connectivity index (χ0) is 21.1. The molecule has 2 fully saturated rings. The van der Waals surface area contributed by atoms with E-state index in [2.05, 4.69) is 0 Å². The molecular weight excluding hydrogens is 385 g/mol. The van der Waals surface area contributed by atoms with E-state index in [0.717, 1.165) is 0 Å². The van der Waals surface area contributed by atoms with Crippen LogP contribution in [0, 0.1) is 0 Å². The van der Waals surface area contributed by atoms with E-state index in [0.29, 0.717) is 6.42 Å². The second-order valence-corrected chi connectivity index (χ2v) is 9.60. The summed E-state index contributed by atoms with van der Waals surface area (Å²) in [5.41, 5.74) is -1.46. The van der Waals surface area contributed by atoms with E-state index in [4.69, 9.17) is 39.0 Å². The van der Waals surface area contributed by atoms with Crippen LogP contribution in [0.25, 0.3) is 0 Å². The third-order valence-corrected chi connectivity index (χ3v) is 5.73. The molecule has 0 aromatic carbocycles. The molecule has 0 aromatic rings. The predicted molar refractivity (Wildman–Crippen MR) is 104 cm³/mol.